The van der Waals surface area contributed by atoms with E-state index in [4.69, 9.17) is 4.74 Å². The third-order valence-electron chi connectivity index (χ3n) is 3.26. The zero-order valence-electron chi connectivity index (χ0n) is 14.0. The van der Waals surface area contributed by atoms with Crippen LogP contribution in [0.15, 0.2) is 35.5 Å². The number of aryl methyl sites for hydroxylation is 1. The van der Waals surface area contributed by atoms with Crippen LogP contribution >= 0.6 is 12.4 Å². The number of hydrogen-bond donors (Lipinski definition) is 2. The number of nitrogens with one attached hydrogen (secondary N) is 2. The van der Waals surface area contributed by atoms with Crippen LogP contribution < -0.4 is 10.0 Å². The molecule has 0 saturated heterocycles. The molecular formula is C15H22ClFN4O3S. The van der Waals surface area contributed by atoms with Crippen LogP contribution in [0.1, 0.15) is 5.56 Å². The molecule has 0 aliphatic carbocycles. The molecule has 1 aromatic heterocycles. The first-order valence-corrected chi connectivity index (χ1v) is 8.93. The topological polar surface area (TPSA) is 85.3 Å². The Labute approximate surface area is 153 Å². The molecule has 0 saturated carbocycles. The summed E-state index contributed by atoms with van der Waals surface area (Å²) in [4.78, 5) is -0.121. The molecule has 140 valence electrons. The van der Waals surface area contributed by atoms with Crippen molar-refractivity contribution < 1.29 is 17.5 Å². The molecule has 25 heavy (non-hydrogen) atoms. The van der Waals surface area contributed by atoms with Crippen LogP contribution in [-0.2, 0) is 14.8 Å². The van der Waals surface area contributed by atoms with Gasteiger partial charge in [0.25, 0.3) is 0 Å². The Kier molecular flexibility index (Phi) is 8.46. The van der Waals surface area contributed by atoms with Crippen molar-refractivity contribution in [2.24, 2.45) is 0 Å². The minimum absolute atomic E-state index is 0. The van der Waals surface area contributed by atoms with Crippen LogP contribution in [0.25, 0.3) is 5.69 Å². The summed E-state index contributed by atoms with van der Waals surface area (Å²) in [6.45, 7) is 3.67. The second-order valence-corrected chi connectivity index (χ2v) is 6.98. The van der Waals surface area contributed by atoms with E-state index in [1.165, 1.54) is 16.8 Å². The van der Waals surface area contributed by atoms with Crippen LogP contribution in [0.4, 0.5) is 4.39 Å². The number of halogens is 2. The molecule has 0 bridgehead atoms. The molecule has 0 fully saturated rings. The van der Waals surface area contributed by atoms with E-state index < -0.39 is 15.8 Å². The van der Waals surface area contributed by atoms with Gasteiger partial charge >= 0.3 is 0 Å². The van der Waals surface area contributed by atoms with Gasteiger partial charge in [-0.2, -0.15) is 5.10 Å². The third kappa shape index (κ3) is 6.05. The fraction of sp³-hybridized carbons (Fsp3) is 0.400. The standard InChI is InChI=1S/C15H21FN4O3S.ClH/c1-12-10-18-20(11-12)15-4-3-13(9-14(15)16)24(21,22)19-6-5-17-7-8-23-2;/h3-4,9-11,17,19H,5-8H2,1-2H3;1H. The van der Waals surface area contributed by atoms with Gasteiger partial charge in [-0.3, -0.25) is 0 Å². The number of hydrogen-bond acceptors (Lipinski definition) is 5. The lowest BCUT2D eigenvalue weighted by Crippen LogP contribution is -2.33. The Morgan fingerprint density at radius 2 is 2.04 bits per heavy atom. The Balaban J connectivity index is 0.00000312. The molecule has 2 aromatic rings. The van der Waals surface area contributed by atoms with E-state index in [1.54, 1.807) is 19.5 Å². The minimum atomic E-state index is -3.76. The molecule has 0 aliphatic heterocycles. The Hall–Kier alpha value is -1.52. The van der Waals surface area contributed by atoms with Crippen LogP contribution in [0.5, 0.6) is 0 Å². The molecule has 1 heterocycles. The molecule has 10 heteroatoms. The quantitative estimate of drug-likeness (QED) is 0.627. The lowest BCUT2D eigenvalue weighted by atomic mass is 10.3. The lowest BCUT2D eigenvalue weighted by molar-refractivity contribution is 0.199. The van der Waals surface area contributed by atoms with Crippen molar-refractivity contribution in [3.8, 4) is 5.69 Å². The normalized spacial score (nSPS) is 11.3. The molecule has 0 aliphatic rings. The van der Waals surface area contributed by atoms with Crippen molar-refractivity contribution >= 4 is 22.4 Å². The van der Waals surface area contributed by atoms with Crippen molar-refractivity contribution in [1.29, 1.82) is 0 Å². The smallest absolute Gasteiger partial charge is 0.240 e. The summed E-state index contributed by atoms with van der Waals surface area (Å²) >= 11 is 0. The van der Waals surface area contributed by atoms with Crippen LogP contribution in [0, 0.1) is 12.7 Å². The predicted molar refractivity (Wildman–Crippen MR) is 95.4 cm³/mol. The van der Waals surface area contributed by atoms with Crippen molar-refractivity contribution in [3.05, 3.63) is 42.0 Å². The largest absolute Gasteiger partial charge is 0.383 e. The monoisotopic (exact) mass is 392 g/mol. The highest BCUT2D eigenvalue weighted by Crippen LogP contribution is 2.18. The first-order valence-electron chi connectivity index (χ1n) is 7.44. The number of sulfonamides is 1. The molecular weight excluding hydrogens is 371 g/mol. The molecule has 0 amide bonds. The van der Waals surface area contributed by atoms with Gasteiger partial charge < -0.3 is 10.1 Å². The highest BCUT2D eigenvalue weighted by atomic mass is 35.5. The Morgan fingerprint density at radius 3 is 2.64 bits per heavy atom. The van der Waals surface area contributed by atoms with Crippen molar-refractivity contribution in [2.75, 3.05) is 33.4 Å². The second kappa shape index (κ2) is 9.83. The van der Waals surface area contributed by atoms with Crippen LogP contribution in [-0.4, -0.2) is 51.5 Å². The zero-order chi connectivity index (χ0) is 17.6. The number of rotatable bonds is 9. The summed E-state index contributed by atoms with van der Waals surface area (Å²) in [5.41, 5.74) is 1.08. The number of aromatic nitrogens is 2. The summed E-state index contributed by atoms with van der Waals surface area (Å²) in [5.74, 6) is -0.654. The van der Waals surface area contributed by atoms with E-state index in [0.29, 0.717) is 19.7 Å². The highest BCUT2D eigenvalue weighted by molar-refractivity contribution is 7.89. The maximum atomic E-state index is 14.2. The molecule has 1 aromatic carbocycles. The summed E-state index contributed by atoms with van der Waals surface area (Å²) in [5, 5.41) is 7.03. The van der Waals surface area contributed by atoms with E-state index in [0.717, 1.165) is 11.6 Å². The predicted octanol–water partition coefficient (Wildman–Crippen LogP) is 1.26. The number of ether oxygens (including phenoxy) is 1. The van der Waals surface area contributed by atoms with Gasteiger partial charge in [0.05, 0.1) is 17.7 Å². The molecule has 2 N–H and O–H groups in total. The molecule has 0 spiro atoms. The SMILES string of the molecule is COCCNCCNS(=O)(=O)c1ccc(-n2cc(C)cn2)c(F)c1.Cl. The van der Waals surface area contributed by atoms with E-state index in [1.807, 2.05) is 6.92 Å². The average molecular weight is 393 g/mol. The fourth-order valence-electron chi connectivity index (χ4n) is 2.04. The van der Waals surface area contributed by atoms with Crippen LogP contribution in [0.2, 0.25) is 0 Å². The van der Waals surface area contributed by atoms with Gasteiger partial charge in [-0.25, -0.2) is 22.2 Å². The summed E-state index contributed by atoms with van der Waals surface area (Å²) < 4.78 is 47.2. The summed E-state index contributed by atoms with van der Waals surface area (Å²) in [7, 11) is -2.17. The zero-order valence-corrected chi connectivity index (χ0v) is 15.7. The Bertz CT molecular complexity index is 783. The maximum Gasteiger partial charge on any atom is 0.240 e. The molecule has 0 unspecified atom stereocenters. The van der Waals surface area contributed by atoms with Crippen molar-refractivity contribution in [3.63, 3.8) is 0 Å². The highest BCUT2D eigenvalue weighted by Gasteiger charge is 2.16. The van der Waals surface area contributed by atoms with Gasteiger partial charge in [0.15, 0.2) is 0 Å². The van der Waals surface area contributed by atoms with E-state index in [2.05, 4.69) is 15.1 Å². The summed E-state index contributed by atoms with van der Waals surface area (Å²) in [6.07, 6.45) is 3.26. The van der Waals surface area contributed by atoms with E-state index >= 15 is 0 Å². The second-order valence-electron chi connectivity index (χ2n) is 5.22. The minimum Gasteiger partial charge on any atom is -0.383 e. The third-order valence-corrected chi connectivity index (χ3v) is 4.72. The maximum absolute atomic E-state index is 14.2. The average Bonchev–Trinajstić information content (AvgIpc) is 2.97. The number of methoxy groups -OCH3 is 1. The summed E-state index contributed by atoms with van der Waals surface area (Å²) in [6, 6.07) is 3.75. The first kappa shape index (κ1) is 21.5. The Morgan fingerprint density at radius 1 is 1.28 bits per heavy atom. The van der Waals surface area contributed by atoms with Crippen molar-refractivity contribution in [2.45, 2.75) is 11.8 Å². The first-order chi connectivity index (χ1) is 11.4. The van der Waals surface area contributed by atoms with Gasteiger partial charge in [0.2, 0.25) is 10.0 Å². The van der Waals surface area contributed by atoms with Crippen molar-refractivity contribution in [1.82, 2.24) is 19.8 Å². The van der Waals surface area contributed by atoms with Gasteiger partial charge in [0, 0.05) is 32.9 Å². The van der Waals surface area contributed by atoms with Gasteiger partial charge in [-0.1, -0.05) is 0 Å². The van der Waals surface area contributed by atoms with E-state index in [-0.39, 0.29) is 29.5 Å². The molecule has 0 atom stereocenters. The van der Waals surface area contributed by atoms with Gasteiger partial charge in [-0.05, 0) is 30.7 Å². The fourth-order valence-corrected chi connectivity index (χ4v) is 3.08. The number of benzene rings is 1. The van der Waals surface area contributed by atoms with Gasteiger partial charge in [0.1, 0.15) is 11.5 Å². The molecule has 0 radical (unpaired) electrons. The van der Waals surface area contributed by atoms with E-state index in [9.17, 15) is 12.8 Å². The molecule has 7 nitrogen and oxygen atoms in total. The van der Waals surface area contributed by atoms with Gasteiger partial charge in [-0.15, -0.1) is 12.4 Å². The lowest BCUT2D eigenvalue weighted by Gasteiger charge is -2.09. The molecule has 2 rings (SSSR count). The van der Waals surface area contributed by atoms with Crippen LogP contribution in [0.3, 0.4) is 0 Å². The number of nitrogens with zero attached hydrogens (tertiary/aromatic N) is 2.